The van der Waals surface area contributed by atoms with Crippen LogP contribution < -0.4 is 16.4 Å². The molecule has 1 aliphatic heterocycles. The number of rotatable bonds is 12. The summed E-state index contributed by atoms with van der Waals surface area (Å²) in [7, 11) is 1.42. The summed E-state index contributed by atoms with van der Waals surface area (Å²) in [4.78, 5) is 47.9. The van der Waals surface area contributed by atoms with Crippen molar-refractivity contribution >= 4 is 35.5 Å². The van der Waals surface area contributed by atoms with Crippen LogP contribution in [0.3, 0.4) is 0 Å². The molecule has 226 valence electrons. The first-order chi connectivity index (χ1) is 18.8. The van der Waals surface area contributed by atoms with Gasteiger partial charge >= 0.3 is 12.1 Å². The van der Waals surface area contributed by atoms with Crippen molar-refractivity contribution in [2.45, 2.75) is 79.1 Å². The van der Waals surface area contributed by atoms with Gasteiger partial charge in [0.15, 0.2) is 5.76 Å². The first-order valence-electron chi connectivity index (χ1n) is 12.7. The predicted molar refractivity (Wildman–Crippen MR) is 159 cm³/mol. The lowest BCUT2D eigenvalue weighted by atomic mass is 9.86. The summed E-state index contributed by atoms with van der Waals surface area (Å²) < 4.78 is 15.2. The summed E-state index contributed by atoms with van der Waals surface area (Å²) in [5.41, 5.74) is 4.52. The number of allylic oxidation sites excluding steroid dienone is 3. The van der Waals surface area contributed by atoms with E-state index in [0.717, 1.165) is 0 Å². The lowest BCUT2D eigenvalue weighted by Crippen LogP contribution is -2.52. The third kappa shape index (κ3) is 16.0. The van der Waals surface area contributed by atoms with Crippen molar-refractivity contribution in [3.05, 3.63) is 59.5 Å². The number of methoxy groups -OCH3 is 1. The molecule has 0 saturated carbocycles. The molecule has 0 aromatic rings. The molecule has 3 unspecified atom stereocenters. The topological polar surface area (TPSA) is 146 Å². The standard InChI is InChI=1S/C29H38ClN3O7.CH4/c1-20(30)15-16-22(40-28(31)37)13-11-19-32-26(35)25(29(2,3)4)33-24(34)14-10-8-6-7-9-12-21-17-18-23(38-5)27(36)39-21;/h7,9-11,14-15,18-19,21-22,25H,12-13,16-17H2,1-5H3,(H2,31,37)(H,32,35)(H,33,34);1H4/b9-7-,14-10+,19-11-,20-15+;. The van der Waals surface area contributed by atoms with Crippen molar-refractivity contribution in [2.75, 3.05) is 7.11 Å². The Hall–Kier alpha value is -3.97. The molecule has 11 heteroatoms. The molecule has 0 bridgehead atoms. The molecule has 10 nitrogen and oxygen atoms in total. The van der Waals surface area contributed by atoms with Gasteiger partial charge in [-0.1, -0.05) is 69.9 Å². The van der Waals surface area contributed by atoms with Gasteiger partial charge in [0.2, 0.25) is 11.8 Å². The van der Waals surface area contributed by atoms with Gasteiger partial charge in [0, 0.05) is 36.8 Å². The van der Waals surface area contributed by atoms with E-state index >= 15 is 0 Å². The molecule has 0 aromatic carbocycles. The minimum absolute atomic E-state index is 0. The van der Waals surface area contributed by atoms with Gasteiger partial charge in [-0.3, -0.25) is 9.59 Å². The number of carbonyl (C=O) groups excluding carboxylic acids is 4. The monoisotopic (exact) mass is 591 g/mol. The minimum Gasteiger partial charge on any atom is -0.490 e. The molecule has 0 fully saturated rings. The van der Waals surface area contributed by atoms with Crippen LogP contribution >= 0.6 is 11.6 Å². The number of carbonyl (C=O) groups is 4. The summed E-state index contributed by atoms with van der Waals surface area (Å²) in [5.74, 6) is 4.31. The zero-order valence-corrected chi connectivity index (χ0v) is 24.2. The molecule has 0 spiro atoms. The maximum Gasteiger partial charge on any atom is 0.404 e. The summed E-state index contributed by atoms with van der Waals surface area (Å²) in [6.45, 7) is 7.17. The highest BCUT2D eigenvalue weighted by Crippen LogP contribution is 2.20. The van der Waals surface area contributed by atoms with E-state index in [2.05, 4.69) is 22.5 Å². The maximum absolute atomic E-state index is 12.8. The van der Waals surface area contributed by atoms with Crippen LogP contribution in [0.2, 0.25) is 0 Å². The second-order valence-electron chi connectivity index (χ2n) is 9.84. The number of primary amides is 1. The molecule has 0 radical (unpaired) electrons. The van der Waals surface area contributed by atoms with Gasteiger partial charge in [0.1, 0.15) is 18.2 Å². The highest BCUT2D eigenvalue weighted by atomic mass is 35.5. The lowest BCUT2D eigenvalue weighted by Gasteiger charge is -2.29. The van der Waals surface area contributed by atoms with E-state index in [4.69, 9.17) is 31.5 Å². The van der Waals surface area contributed by atoms with E-state index in [1.54, 1.807) is 37.3 Å². The Labute approximate surface area is 248 Å². The Balaban J connectivity index is 0.0000160. The third-order valence-electron chi connectivity index (χ3n) is 5.36. The van der Waals surface area contributed by atoms with Gasteiger partial charge in [-0.05, 0) is 36.8 Å². The van der Waals surface area contributed by atoms with Crippen LogP contribution in [0.1, 0.15) is 60.8 Å². The SMILES string of the molecule is C.COC1=CCC(C/C=C\C#C/C=C/C(=O)NC(C(=O)N/C=C\CC(C/C=C(\C)Cl)OC(N)=O)C(C)(C)C)OC1=O. The van der Waals surface area contributed by atoms with Crippen LogP contribution in [-0.4, -0.2) is 49.2 Å². The number of hydrogen-bond donors (Lipinski definition) is 3. The minimum atomic E-state index is -0.905. The Morgan fingerprint density at radius 3 is 2.49 bits per heavy atom. The van der Waals surface area contributed by atoms with Crippen molar-refractivity contribution in [3.8, 4) is 11.8 Å². The van der Waals surface area contributed by atoms with E-state index in [-0.39, 0.29) is 19.3 Å². The molecule has 1 heterocycles. The number of ether oxygens (including phenoxy) is 3. The number of cyclic esters (lactones) is 1. The molecule has 41 heavy (non-hydrogen) atoms. The Bertz CT molecular complexity index is 1120. The van der Waals surface area contributed by atoms with E-state index in [1.807, 2.05) is 20.8 Å². The molecule has 4 N–H and O–H groups in total. The van der Waals surface area contributed by atoms with E-state index in [1.165, 1.54) is 25.5 Å². The van der Waals surface area contributed by atoms with Crippen LogP contribution in [0.15, 0.2) is 59.5 Å². The largest absolute Gasteiger partial charge is 0.490 e. The predicted octanol–water partition coefficient (Wildman–Crippen LogP) is 4.52. The number of esters is 1. The Morgan fingerprint density at radius 1 is 1.22 bits per heavy atom. The normalized spacial score (nSPS) is 17.0. The molecule has 0 aliphatic carbocycles. The van der Waals surface area contributed by atoms with Gasteiger partial charge < -0.3 is 30.6 Å². The van der Waals surface area contributed by atoms with Crippen molar-refractivity contribution in [2.24, 2.45) is 11.1 Å². The smallest absolute Gasteiger partial charge is 0.404 e. The Kier molecular flexibility index (Phi) is 17.3. The number of halogens is 1. The van der Waals surface area contributed by atoms with Gasteiger partial charge in [-0.2, -0.15) is 0 Å². The van der Waals surface area contributed by atoms with Crippen molar-refractivity contribution in [3.63, 3.8) is 0 Å². The number of amides is 3. The highest BCUT2D eigenvalue weighted by Gasteiger charge is 2.32. The molecule has 1 rings (SSSR count). The van der Waals surface area contributed by atoms with Gasteiger partial charge in [-0.15, -0.1) is 0 Å². The highest BCUT2D eigenvalue weighted by molar-refractivity contribution is 6.29. The molecule has 0 saturated heterocycles. The molecule has 3 atom stereocenters. The second-order valence-corrected chi connectivity index (χ2v) is 10.4. The zero-order valence-electron chi connectivity index (χ0n) is 23.5. The summed E-state index contributed by atoms with van der Waals surface area (Å²) >= 11 is 5.83. The first kappa shape index (κ1) is 37.0. The number of hydrogen-bond acceptors (Lipinski definition) is 7. The average Bonchev–Trinajstić information content (AvgIpc) is 2.86. The van der Waals surface area contributed by atoms with E-state index < -0.39 is 41.4 Å². The van der Waals surface area contributed by atoms with Crippen LogP contribution in [0.5, 0.6) is 0 Å². The van der Waals surface area contributed by atoms with Crippen LogP contribution in [0.4, 0.5) is 4.79 Å². The third-order valence-corrected chi connectivity index (χ3v) is 5.52. The van der Waals surface area contributed by atoms with E-state index in [9.17, 15) is 19.2 Å². The van der Waals surface area contributed by atoms with E-state index in [0.29, 0.717) is 30.7 Å². The maximum atomic E-state index is 12.8. The molecule has 1 aliphatic rings. The van der Waals surface area contributed by atoms with Crippen LogP contribution in [0, 0.1) is 17.3 Å². The molecule has 0 aromatic heterocycles. The summed E-state index contributed by atoms with van der Waals surface area (Å²) in [6.07, 6.45) is 12.4. The summed E-state index contributed by atoms with van der Waals surface area (Å²) in [6, 6.07) is -0.840. The van der Waals surface area contributed by atoms with Crippen molar-refractivity contribution in [1.82, 2.24) is 10.6 Å². The Morgan fingerprint density at radius 2 is 1.90 bits per heavy atom. The lowest BCUT2D eigenvalue weighted by molar-refractivity contribution is -0.149. The van der Waals surface area contributed by atoms with Gasteiger partial charge in [0.05, 0.1) is 7.11 Å². The quantitative estimate of drug-likeness (QED) is 0.172. The van der Waals surface area contributed by atoms with Crippen molar-refractivity contribution < 1.29 is 33.4 Å². The zero-order chi connectivity index (χ0) is 30.1. The molecule has 3 amide bonds. The van der Waals surface area contributed by atoms with Crippen molar-refractivity contribution in [1.29, 1.82) is 0 Å². The number of nitrogens with one attached hydrogen (secondary N) is 2. The summed E-state index contributed by atoms with van der Waals surface area (Å²) in [5, 5.41) is 5.89. The fraction of sp³-hybridized carbons (Fsp3) is 0.467. The van der Waals surface area contributed by atoms with Gasteiger partial charge in [-0.25, -0.2) is 9.59 Å². The van der Waals surface area contributed by atoms with Gasteiger partial charge in [0.25, 0.3) is 0 Å². The van der Waals surface area contributed by atoms with Crippen LogP contribution in [-0.2, 0) is 28.6 Å². The molecular weight excluding hydrogens is 550 g/mol. The van der Waals surface area contributed by atoms with Crippen LogP contribution in [0.25, 0.3) is 0 Å². The second kappa shape index (κ2) is 19.2. The number of nitrogens with two attached hydrogens (primary N) is 1. The molecular formula is C30H42ClN3O7. The first-order valence-corrected chi connectivity index (χ1v) is 13.0. The fourth-order valence-electron chi connectivity index (χ4n) is 3.34. The fourth-order valence-corrected chi connectivity index (χ4v) is 3.43. The average molecular weight is 592 g/mol.